The molecule has 3 rings (SSSR count). The first-order chi connectivity index (χ1) is 6.45. The van der Waals surface area contributed by atoms with Crippen LogP contribution in [0.5, 0.6) is 0 Å². The third kappa shape index (κ3) is 1.05. The molecule has 3 aliphatic carbocycles. The molecule has 0 aliphatic heterocycles. The maximum absolute atomic E-state index is 2.34. The summed E-state index contributed by atoms with van der Waals surface area (Å²) in [5.74, 6) is 0. The van der Waals surface area contributed by atoms with Gasteiger partial charge in [0.15, 0.2) is 0 Å². The molecule has 0 N–H and O–H groups in total. The van der Waals surface area contributed by atoms with E-state index in [0.29, 0.717) is 0 Å². The molecule has 66 valence electrons. The summed E-state index contributed by atoms with van der Waals surface area (Å²) in [4.78, 5) is 0. The highest BCUT2D eigenvalue weighted by Gasteiger charge is 2.23. The fourth-order valence-electron chi connectivity index (χ4n) is 2.65. The number of rotatable bonds is 0. The molecule has 0 bridgehead atoms. The van der Waals surface area contributed by atoms with Crippen LogP contribution in [0.4, 0.5) is 0 Å². The van der Waals surface area contributed by atoms with E-state index in [1.807, 2.05) is 0 Å². The van der Waals surface area contributed by atoms with Crippen LogP contribution < -0.4 is 0 Å². The van der Waals surface area contributed by atoms with Crippen LogP contribution in [0.1, 0.15) is 32.1 Å². The fraction of sp³-hybridized carbons (Fsp3) is 0.385. The van der Waals surface area contributed by atoms with Crippen LogP contribution in [0.3, 0.4) is 0 Å². The Morgan fingerprint density at radius 2 is 1.31 bits per heavy atom. The first kappa shape index (κ1) is 7.37. The second-order valence-electron chi connectivity index (χ2n) is 4.07. The molecule has 0 amide bonds. The van der Waals surface area contributed by atoms with Crippen molar-refractivity contribution in [2.45, 2.75) is 32.1 Å². The lowest BCUT2D eigenvalue weighted by Crippen LogP contribution is -1.94. The van der Waals surface area contributed by atoms with Gasteiger partial charge in [-0.05, 0) is 54.4 Å². The average Bonchev–Trinajstić information content (AvgIpc) is 2.56. The van der Waals surface area contributed by atoms with Crippen molar-refractivity contribution in [1.29, 1.82) is 0 Å². The molecule has 0 saturated carbocycles. The van der Waals surface area contributed by atoms with E-state index in [4.69, 9.17) is 0 Å². The zero-order chi connectivity index (χ0) is 8.67. The quantitative estimate of drug-likeness (QED) is 0.520. The molecule has 0 saturated heterocycles. The summed E-state index contributed by atoms with van der Waals surface area (Å²) in [6, 6.07) is 0. The van der Waals surface area contributed by atoms with Gasteiger partial charge in [0.1, 0.15) is 0 Å². The molecule has 0 nitrogen and oxygen atoms in total. The molecule has 0 aromatic carbocycles. The molecule has 0 aromatic rings. The Morgan fingerprint density at radius 1 is 0.769 bits per heavy atom. The first-order valence-corrected chi connectivity index (χ1v) is 5.22. The third-order valence-electron chi connectivity index (χ3n) is 3.28. The minimum absolute atomic E-state index is 1.21. The van der Waals surface area contributed by atoms with Crippen LogP contribution in [-0.4, -0.2) is 0 Å². The van der Waals surface area contributed by atoms with E-state index in [1.165, 1.54) is 32.1 Å². The molecule has 0 heteroatoms. The normalized spacial score (nSPS) is 25.2. The van der Waals surface area contributed by atoms with E-state index < -0.39 is 0 Å². The molecule has 0 aromatic heterocycles. The van der Waals surface area contributed by atoms with Crippen molar-refractivity contribution in [2.75, 3.05) is 0 Å². The summed E-state index contributed by atoms with van der Waals surface area (Å²) in [6.45, 7) is 0. The van der Waals surface area contributed by atoms with Crippen LogP contribution in [0.2, 0.25) is 0 Å². The number of hydrogen-bond acceptors (Lipinski definition) is 0. The topological polar surface area (TPSA) is 0 Å². The van der Waals surface area contributed by atoms with Crippen molar-refractivity contribution in [3.05, 3.63) is 46.6 Å². The van der Waals surface area contributed by atoms with Gasteiger partial charge in [-0.15, -0.1) is 0 Å². The van der Waals surface area contributed by atoms with Crippen molar-refractivity contribution >= 4 is 0 Å². The van der Waals surface area contributed by atoms with Gasteiger partial charge in [0.25, 0.3) is 0 Å². The van der Waals surface area contributed by atoms with Gasteiger partial charge in [-0.2, -0.15) is 0 Å². The lowest BCUT2D eigenvalue weighted by Gasteiger charge is -2.13. The number of allylic oxidation sites excluding steroid dienone is 8. The Labute approximate surface area is 79.3 Å². The van der Waals surface area contributed by atoms with Gasteiger partial charge in [-0.3, -0.25) is 0 Å². The van der Waals surface area contributed by atoms with Gasteiger partial charge < -0.3 is 0 Å². The minimum atomic E-state index is 1.21. The van der Waals surface area contributed by atoms with Crippen molar-refractivity contribution in [3.8, 4) is 0 Å². The molecular formula is C13H14. The predicted molar refractivity (Wildman–Crippen MR) is 55.4 cm³/mol. The Hall–Kier alpha value is -1.04. The Kier molecular flexibility index (Phi) is 1.55. The molecule has 3 aliphatic rings. The zero-order valence-corrected chi connectivity index (χ0v) is 7.84. The lowest BCUT2D eigenvalue weighted by atomic mass is 9.92. The molecule has 0 radical (unpaired) electrons. The highest BCUT2D eigenvalue weighted by atomic mass is 14.3. The molecule has 0 atom stereocenters. The molecule has 0 spiro atoms. The van der Waals surface area contributed by atoms with E-state index in [-0.39, 0.29) is 0 Å². The fourth-order valence-corrected chi connectivity index (χ4v) is 2.65. The predicted octanol–water partition coefficient (Wildman–Crippen LogP) is 3.68. The van der Waals surface area contributed by atoms with Crippen LogP contribution >= 0.6 is 0 Å². The Morgan fingerprint density at radius 3 is 1.85 bits per heavy atom. The highest BCUT2D eigenvalue weighted by molar-refractivity contribution is 5.56. The van der Waals surface area contributed by atoms with E-state index in [0.717, 1.165) is 0 Å². The van der Waals surface area contributed by atoms with Gasteiger partial charge in [0.2, 0.25) is 0 Å². The average molecular weight is 170 g/mol. The van der Waals surface area contributed by atoms with E-state index >= 15 is 0 Å². The van der Waals surface area contributed by atoms with Crippen LogP contribution in [0, 0.1) is 0 Å². The van der Waals surface area contributed by atoms with E-state index in [1.54, 1.807) is 22.3 Å². The van der Waals surface area contributed by atoms with Gasteiger partial charge in [0.05, 0.1) is 0 Å². The van der Waals surface area contributed by atoms with Crippen molar-refractivity contribution in [3.63, 3.8) is 0 Å². The molecule has 0 fully saturated rings. The summed E-state index contributed by atoms with van der Waals surface area (Å²) < 4.78 is 0. The van der Waals surface area contributed by atoms with Gasteiger partial charge in [0, 0.05) is 0 Å². The Balaban J connectivity index is 2.05. The van der Waals surface area contributed by atoms with Crippen LogP contribution in [0.15, 0.2) is 46.6 Å². The molecule has 0 heterocycles. The lowest BCUT2D eigenvalue weighted by molar-refractivity contribution is 0.898. The largest absolute Gasteiger partial charge is 0.0839 e. The van der Waals surface area contributed by atoms with Crippen LogP contribution in [-0.2, 0) is 0 Å². The standard InChI is InChI=1S/C13H14/c1-3-7-12-10(5-1)9-11-6-2-4-8-13(11)12/h1-2,5-6H,3-4,7-9H2. The summed E-state index contributed by atoms with van der Waals surface area (Å²) in [7, 11) is 0. The highest BCUT2D eigenvalue weighted by Crippen LogP contribution is 2.42. The molecular weight excluding hydrogens is 156 g/mol. The molecule has 0 unspecified atom stereocenters. The summed E-state index contributed by atoms with van der Waals surface area (Å²) in [5, 5.41) is 0. The van der Waals surface area contributed by atoms with Crippen LogP contribution in [0.25, 0.3) is 0 Å². The van der Waals surface area contributed by atoms with Crippen molar-refractivity contribution < 1.29 is 0 Å². The Bertz CT molecular complexity index is 325. The summed E-state index contributed by atoms with van der Waals surface area (Å²) in [5.41, 5.74) is 6.56. The number of hydrogen-bond donors (Lipinski definition) is 0. The van der Waals surface area contributed by atoms with Crippen molar-refractivity contribution in [2.24, 2.45) is 0 Å². The maximum Gasteiger partial charge on any atom is -0.00203 e. The van der Waals surface area contributed by atoms with Gasteiger partial charge >= 0.3 is 0 Å². The second-order valence-corrected chi connectivity index (χ2v) is 4.07. The van der Waals surface area contributed by atoms with Gasteiger partial charge in [-0.1, -0.05) is 24.3 Å². The van der Waals surface area contributed by atoms with E-state index in [9.17, 15) is 0 Å². The smallest absolute Gasteiger partial charge is 0.00203 e. The minimum Gasteiger partial charge on any atom is -0.0839 e. The second kappa shape index (κ2) is 2.73. The summed E-state index contributed by atoms with van der Waals surface area (Å²) in [6.07, 6.45) is 15.6. The maximum atomic E-state index is 2.34. The van der Waals surface area contributed by atoms with Gasteiger partial charge in [-0.25, -0.2) is 0 Å². The summed E-state index contributed by atoms with van der Waals surface area (Å²) >= 11 is 0. The monoisotopic (exact) mass is 170 g/mol. The number of fused-ring (bicyclic) bond motifs is 1. The van der Waals surface area contributed by atoms with E-state index in [2.05, 4.69) is 24.3 Å². The zero-order valence-electron chi connectivity index (χ0n) is 7.84. The SMILES string of the molecule is C1=CC2=C(CC1)C1=C(C=CCC1)C2. The van der Waals surface area contributed by atoms with Crippen molar-refractivity contribution in [1.82, 2.24) is 0 Å². The molecule has 13 heavy (non-hydrogen) atoms. The third-order valence-corrected chi connectivity index (χ3v) is 3.28. The first-order valence-electron chi connectivity index (χ1n) is 5.22.